The number of aliphatic carboxylic acids is 1. The Hall–Kier alpha value is -0.570. The topological polar surface area (TPSA) is 40.5 Å². The molecule has 3 heteroatoms. The van der Waals surface area contributed by atoms with Crippen molar-refractivity contribution in [2.75, 3.05) is 13.1 Å². The van der Waals surface area contributed by atoms with Crippen LogP contribution in [0.25, 0.3) is 0 Å². The van der Waals surface area contributed by atoms with Crippen LogP contribution in [-0.2, 0) is 4.79 Å². The molecule has 3 unspecified atom stereocenters. The Morgan fingerprint density at radius 2 is 2.05 bits per heavy atom. The minimum Gasteiger partial charge on any atom is -0.481 e. The molecule has 0 bridgehead atoms. The molecule has 0 spiro atoms. The number of rotatable bonds is 4. The number of nitrogens with zero attached hydrogens (tertiary/aromatic N) is 1. The van der Waals surface area contributed by atoms with Crippen LogP contribution in [-0.4, -0.2) is 35.1 Å². The Morgan fingerprint density at radius 1 is 1.30 bits per heavy atom. The number of carbonyl (C=O) groups is 1. The molecular formula is C17H31NO2. The van der Waals surface area contributed by atoms with E-state index < -0.39 is 5.97 Å². The van der Waals surface area contributed by atoms with E-state index in [-0.39, 0.29) is 0 Å². The van der Waals surface area contributed by atoms with Crippen molar-refractivity contribution >= 4 is 5.97 Å². The van der Waals surface area contributed by atoms with Gasteiger partial charge in [0.05, 0.1) is 0 Å². The Balaban J connectivity index is 1.97. The van der Waals surface area contributed by atoms with E-state index in [1.807, 2.05) is 0 Å². The molecule has 0 amide bonds. The summed E-state index contributed by atoms with van der Waals surface area (Å²) in [6.07, 6.45) is 8.17. The lowest BCUT2D eigenvalue weighted by atomic mass is 9.71. The average Bonchev–Trinajstić information content (AvgIpc) is 2.37. The number of carboxylic acid groups (broad SMARTS) is 1. The molecule has 1 N–H and O–H groups in total. The lowest BCUT2D eigenvalue weighted by Crippen LogP contribution is -2.51. The second kappa shape index (κ2) is 6.46. The third-order valence-corrected chi connectivity index (χ3v) is 5.68. The van der Waals surface area contributed by atoms with Crippen molar-refractivity contribution in [1.82, 2.24) is 4.90 Å². The highest BCUT2D eigenvalue weighted by molar-refractivity contribution is 5.67. The molecular weight excluding hydrogens is 250 g/mol. The van der Waals surface area contributed by atoms with Crippen molar-refractivity contribution in [2.45, 2.75) is 71.8 Å². The molecule has 20 heavy (non-hydrogen) atoms. The van der Waals surface area contributed by atoms with Gasteiger partial charge in [-0.3, -0.25) is 9.69 Å². The maximum Gasteiger partial charge on any atom is 0.303 e. The van der Waals surface area contributed by atoms with Crippen LogP contribution in [0.1, 0.15) is 65.7 Å². The minimum absolute atomic E-state index is 0.307. The summed E-state index contributed by atoms with van der Waals surface area (Å²) in [5, 5.41) is 9.00. The lowest BCUT2D eigenvalue weighted by Gasteiger charge is -2.49. The maximum absolute atomic E-state index is 10.9. The predicted octanol–water partition coefficient (Wildman–Crippen LogP) is 3.78. The zero-order valence-corrected chi connectivity index (χ0v) is 13.4. The summed E-state index contributed by atoms with van der Waals surface area (Å²) in [5.41, 5.74) is 0.427. The van der Waals surface area contributed by atoms with Gasteiger partial charge in [0.25, 0.3) is 0 Å². The quantitative estimate of drug-likeness (QED) is 0.852. The Labute approximate surface area is 123 Å². The van der Waals surface area contributed by atoms with Crippen molar-refractivity contribution in [2.24, 2.45) is 17.3 Å². The fourth-order valence-electron chi connectivity index (χ4n) is 4.38. The monoisotopic (exact) mass is 281 g/mol. The molecule has 3 nitrogen and oxygen atoms in total. The van der Waals surface area contributed by atoms with Gasteiger partial charge in [-0.1, -0.05) is 33.6 Å². The van der Waals surface area contributed by atoms with E-state index in [9.17, 15) is 4.79 Å². The summed E-state index contributed by atoms with van der Waals surface area (Å²) in [5.74, 6) is 0.229. The standard InChI is InChI=1S/C17H31NO2/c1-13(11-16(19)20)14-7-6-10-18(12-14)15-8-4-5-9-17(15,2)3/h13-15H,4-12H2,1-3H3,(H,19,20). The van der Waals surface area contributed by atoms with E-state index in [2.05, 4.69) is 25.7 Å². The van der Waals surface area contributed by atoms with E-state index in [4.69, 9.17) is 5.11 Å². The third-order valence-electron chi connectivity index (χ3n) is 5.68. The number of hydrogen-bond donors (Lipinski definition) is 1. The third kappa shape index (κ3) is 3.75. The van der Waals surface area contributed by atoms with Gasteiger partial charge in [0.1, 0.15) is 0 Å². The first-order valence-corrected chi connectivity index (χ1v) is 8.36. The number of hydrogen-bond acceptors (Lipinski definition) is 2. The first kappa shape index (κ1) is 15.8. The second-order valence-corrected chi connectivity index (χ2v) is 7.72. The van der Waals surface area contributed by atoms with Crippen LogP contribution in [0.5, 0.6) is 0 Å². The summed E-state index contributed by atoms with van der Waals surface area (Å²) in [6.45, 7) is 9.28. The summed E-state index contributed by atoms with van der Waals surface area (Å²) in [7, 11) is 0. The van der Waals surface area contributed by atoms with Gasteiger partial charge in [0, 0.05) is 19.0 Å². The molecule has 1 saturated carbocycles. The molecule has 2 aliphatic rings. The normalized spacial score (nSPS) is 32.8. The van der Waals surface area contributed by atoms with Crippen molar-refractivity contribution in [3.8, 4) is 0 Å². The zero-order chi connectivity index (χ0) is 14.8. The summed E-state index contributed by atoms with van der Waals surface area (Å²) >= 11 is 0. The smallest absolute Gasteiger partial charge is 0.303 e. The van der Waals surface area contributed by atoms with E-state index in [0.717, 1.165) is 6.54 Å². The van der Waals surface area contributed by atoms with Crippen LogP contribution in [0, 0.1) is 17.3 Å². The van der Waals surface area contributed by atoms with Gasteiger partial charge in [0.15, 0.2) is 0 Å². The highest BCUT2D eigenvalue weighted by Gasteiger charge is 2.38. The number of carboxylic acids is 1. The molecule has 0 radical (unpaired) electrons. The molecule has 0 aromatic carbocycles. The van der Waals surface area contributed by atoms with Crippen LogP contribution in [0.3, 0.4) is 0 Å². The van der Waals surface area contributed by atoms with E-state index in [1.165, 1.54) is 45.1 Å². The van der Waals surface area contributed by atoms with Crippen LogP contribution in [0.15, 0.2) is 0 Å². The largest absolute Gasteiger partial charge is 0.481 e. The Bertz CT molecular complexity index is 340. The fraction of sp³-hybridized carbons (Fsp3) is 0.941. The van der Waals surface area contributed by atoms with Gasteiger partial charge >= 0.3 is 5.97 Å². The SMILES string of the molecule is CC(CC(=O)O)C1CCCN(C2CCCCC2(C)C)C1. The van der Waals surface area contributed by atoms with Crippen molar-refractivity contribution in [3.05, 3.63) is 0 Å². The molecule has 2 fully saturated rings. The lowest BCUT2D eigenvalue weighted by molar-refractivity contribution is -0.138. The average molecular weight is 281 g/mol. The van der Waals surface area contributed by atoms with Crippen LogP contribution < -0.4 is 0 Å². The molecule has 116 valence electrons. The highest BCUT2D eigenvalue weighted by atomic mass is 16.4. The van der Waals surface area contributed by atoms with E-state index in [1.54, 1.807) is 0 Å². The molecule has 0 aromatic heterocycles. The van der Waals surface area contributed by atoms with Gasteiger partial charge in [0.2, 0.25) is 0 Å². The van der Waals surface area contributed by atoms with Gasteiger partial charge in [-0.25, -0.2) is 0 Å². The van der Waals surface area contributed by atoms with Crippen LogP contribution >= 0.6 is 0 Å². The predicted molar refractivity (Wildman–Crippen MR) is 81.8 cm³/mol. The van der Waals surface area contributed by atoms with Gasteiger partial charge < -0.3 is 5.11 Å². The van der Waals surface area contributed by atoms with Gasteiger partial charge in [-0.2, -0.15) is 0 Å². The number of piperidine rings is 1. The van der Waals surface area contributed by atoms with Crippen LogP contribution in [0.4, 0.5) is 0 Å². The Morgan fingerprint density at radius 3 is 2.70 bits per heavy atom. The minimum atomic E-state index is -0.646. The van der Waals surface area contributed by atoms with Gasteiger partial charge in [-0.05, 0) is 49.5 Å². The molecule has 0 aromatic rings. The maximum atomic E-state index is 10.9. The first-order valence-electron chi connectivity index (χ1n) is 8.36. The summed E-state index contributed by atoms with van der Waals surface area (Å²) in [4.78, 5) is 13.6. The molecule has 1 saturated heterocycles. The molecule has 1 heterocycles. The van der Waals surface area contributed by atoms with Crippen molar-refractivity contribution in [3.63, 3.8) is 0 Å². The highest BCUT2D eigenvalue weighted by Crippen LogP contribution is 2.40. The summed E-state index contributed by atoms with van der Waals surface area (Å²) in [6, 6.07) is 0.705. The zero-order valence-electron chi connectivity index (χ0n) is 13.4. The van der Waals surface area contributed by atoms with E-state index in [0.29, 0.717) is 29.7 Å². The number of likely N-dealkylation sites (tertiary alicyclic amines) is 1. The van der Waals surface area contributed by atoms with Gasteiger partial charge in [-0.15, -0.1) is 0 Å². The Kier molecular flexibility index (Phi) is 5.11. The van der Waals surface area contributed by atoms with Crippen LogP contribution in [0.2, 0.25) is 0 Å². The second-order valence-electron chi connectivity index (χ2n) is 7.72. The molecule has 2 rings (SSSR count). The van der Waals surface area contributed by atoms with Crippen molar-refractivity contribution in [1.29, 1.82) is 0 Å². The summed E-state index contributed by atoms with van der Waals surface area (Å²) < 4.78 is 0. The first-order chi connectivity index (χ1) is 9.40. The van der Waals surface area contributed by atoms with Crippen molar-refractivity contribution < 1.29 is 9.90 Å². The molecule has 1 aliphatic carbocycles. The fourth-order valence-corrected chi connectivity index (χ4v) is 4.38. The molecule has 1 aliphatic heterocycles. The van der Waals surface area contributed by atoms with E-state index >= 15 is 0 Å². The molecule has 3 atom stereocenters.